The van der Waals surface area contributed by atoms with Crippen molar-refractivity contribution in [1.29, 1.82) is 0 Å². The largest absolute Gasteiger partial charge is 0.462 e. The van der Waals surface area contributed by atoms with Crippen LogP contribution in [0.1, 0.15) is 61.3 Å². The molecule has 1 N–H and O–H groups in total. The summed E-state index contributed by atoms with van der Waals surface area (Å²) in [7, 11) is 2.05. The molecule has 3 aliphatic rings. The number of anilines is 1. The van der Waals surface area contributed by atoms with E-state index >= 15 is 0 Å². The number of ketones is 1. The number of ether oxygens (including phenoxy) is 1. The molecule has 2 bridgehead atoms. The molecule has 1 amide bonds. The molecule has 0 radical (unpaired) electrons. The number of thiophene rings is 1. The molecule has 3 atom stereocenters. The average Bonchev–Trinajstić information content (AvgIpc) is 3.16. The number of halogens is 1. The fourth-order valence-electron chi connectivity index (χ4n) is 5.71. The minimum absolute atomic E-state index is 0.103. The number of esters is 1. The molecule has 8 heteroatoms. The summed E-state index contributed by atoms with van der Waals surface area (Å²) in [6, 6.07) is 0. The number of alkyl halides is 1. The minimum atomic E-state index is -0.841. The number of hydrogen-bond acceptors (Lipinski definition) is 6. The van der Waals surface area contributed by atoms with Gasteiger partial charge in [-0.2, -0.15) is 0 Å². The van der Waals surface area contributed by atoms with Crippen LogP contribution in [0.3, 0.4) is 0 Å². The second-order valence-corrected chi connectivity index (χ2v) is 11.5. The van der Waals surface area contributed by atoms with Gasteiger partial charge in [0.1, 0.15) is 5.00 Å². The van der Waals surface area contributed by atoms with E-state index in [2.05, 4.69) is 26.1 Å². The van der Waals surface area contributed by atoms with Crippen LogP contribution in [-0.4, -0.2) is 47.6 Å². The molecular weight excluding hydrogens is 468 g/mol. The van der Waals surface area contributed by atoms with Crippen molar-refractivity contribution in [2.75, 3.05) is 25.5 Å². The lowest BCUT2D eigenvalue weighted by atomic mass is 9.64. The lowest BCUT2D eigenvalue weighted by Crippen LogP contribution is -2.48. The Labute approximate surface area is 189 Å². The molecule has 0 saturated heterocycles. The fraction of sp³-hybridized carbons (Fsp3) is 0.682. The molecule has 2 heterocycles. The van der Waals surface area contributed by atoms with E-state index in [4.69, 9.17) is 4.74 Å². The molecule has 1 aromatic rings. The molecule has 3 unspecified atom stereocenters. The van der Waals surface area contributed by atoms with Gasteiger partial charge in [0.15, 0.2) is 5.78 Å². The number of carbonyl (C=O) groups excluding carboxylic acids is 3. The monoisotopic (exact) mass is 496 g/mol. The summed E-state index contributed by atoms with van der Waals surface area (Å²) in [6.07, 6.45) is 2.10. The van der Waals surface area contributed by atoms with Crippen LogP contribution in [0.25, 0.3) is 0 Å². The highest BCUT2D eigenvalue weighted by Gasteiger charge is 2.76. The molecule has 6 nitrogen and oxygen atoms in total. The van der Waals surface area contributed by atoms with E-state index in [1.54, 1.807) is 6.92 Å². The molecule has 2 saturated carbocycles. The van der Waals surface area contributed by atoms with Crippen molar-refractivity contribution in [2.45, 2.75) is 58.3 Å². The summed E-state index contributed by atoms with van der Waals surface area (Å²) in [5.41, 5.74) is -0.385. The summed E-state index contributed by atoms with van der Waals surface area (Å²) >= 11 is 5.03. The first-order chi connectivity index (χ1) is 14.0. The first-order valence-electron chi connectivity index (χ1n) is 10.5. The van der Waals surface area contributed by atoms with Gasteiger partial charge in [-0.05, 0) is 44.2 Å². The average molecular weight is 497 g/mol. The van der Waals surface area contributed by atoms with E-state index < -0.39 is 21.1 Å². The van der Waals surface area contributed by atoms with Gasteiger partial charge in [-0.3, -0.25) is 9.59 Å². The van der Waals surface area contributed by atoms with E-state index in [1.807, 2.05) is 27.8 Å². The van der Waals surface area contributed by atoms with Gasteiger partial charge < -0.3 is 15.0 Å². The molecule has 1 aromatic heterocycles. The molecule has 1 aliphatic heterocycles. The summed E-state index contributed by atoms with van der Waals surface area (Å²) in [6.45, 7) is 9.70. The third-order valence-corrected chi connectivity index (χ3v) is 10.4. The molecule has 0 spiro atoms. The van der Waals surface area contributed by atoms with Gasteiger partial charge in [0, 0.05) is 23.4 Å². The molecule has 0 aromatic carbocycles. The lowest BCUT2D eigenvalue weighted by Gasteiger charge is -2.39. The van der Waals surface area contributed by atoms with Gasteiger partial charge in [0.25, 0.3) is 0 Å². The van der Waals surface area contributed by atoms with Gasteiger partial charge in [-0.15, -0.1) is 11.3 Å². The predicted molar refractivity (Wildman–Crippen MR) is 120 cm³/mol. The molecule has 164 valence electrons. The Bertz CT molecular complexity index is 942. The maximum absolute atomic E-state index is 13.8. The van der Waals surface area contributed by atoms with E-state index in [9.17, 15) is 14.4 Å². The van der Waals surface area contributed by atoms with Crippen LogP contribution in [0.4, 0.5) is 5.00 Å². The van der Waals surface area contributed by atoms with Crippen LogP contribution in [-0.2, 0) is 27.3 Å². The number of hydrogen-bond donors (Lipinski definition) is 1. The van der Waals surface area contributed by atoms with Crippen LogP contribution in [0, 0.1) is 16.2 Å². The number of carbonyl (C=O) groups is 3. The summed E-state index contributed by atoms with van der Waals surface area (Å²) in [5.74, 6) is -0.464. The van der Waals surface area contributed by atoms with Gasteiger partial charge in [0.05, 0.1) is 22.4 Å². The van der Waals surface area contributed by atoms with Crippen molar-refractivity contribution < 1.29 is 19.1 Å². The SMILES string of the molecule is CCOC(=O)c1c(NC(=O)C23CCC(C)(C(=O)C2Br)C3(C)C)sc2c1CCN(C)C2. The summed E-state index contributed by atoms with van der Waals surface area (Å²) in [4.78, 5) is 42.3. The summed E-state index contributed by atoms with van der Waals surface area (Å²) < 4.78 is 5.32. The fourth-order valence-corrected chi connectivity index (χ4v) is 8.53. The normalized spacial score (nSPS) is 32.2. The molecule has 4 rings (SSSR count). The maximum Gasteiger partial charge on any atom is 0.341 e. The number of nitrogens with zero attached hydrogens (tertiary/aromatic N) is 1. The number of nitrogens with one attached hydrogen (secondary N) is 1. The van der Waals surface area contributed by atoms with E-state index in [1.165, 1.54) is 11.3 Å². The van der Waals surface area contributed by atoms with E-state index in [0.717, 1.165) is 30.0 Å². The summed E-state index contributed by atoms with van der Waals surface area (Å²) in [5, 5.41) is 3.64. The highest BCUT2D eigenvalue weighted by molar-refractivity contribution is 9.10. The maximum atomic E-state index is 13.8. The Morgan fingerprint density at radius 3 is 2.60 bits per heavy atom. The second-order valence-electron chi connectivity index (χ2n) is 9.53. The minimum Gasteiger partial charge on any atom is -0.462 e. The van der Waals surface area contributed by atoms with Crippen molar-refractivity contribution in [3.63, 3.8) is 0 Å². The van der Waals surface area contributed by atoms with Gasteiger partial charge in [-0.25, -0.2) is 4.79 Å². The Morgan fingerprint density at radius 2 is 2.00 bits per heavy atom. The molecule has 2 aliphatic carbocycles. The van der Waals surface area contributed by atoms with Crippen LogP contribution in [0.15, 0.2) is 0 Å². The Kier molecular flexibility index (Phi) is 5.22. The lowest BCUT2D eigenvalue weighted by molar-refractivity contribution is -0.130. The highest BCUT2D eigenvalue weighted by Crippen LogP contribution is 2.72. The van der Waals surface area contributed by atoms with Crippen molar-refractivity contribution in [1.82, 2.24) is 4.90 Å². The van der Waals surface area contributed by atoms with E-state index in [-0.39, 0.29) is 24.3 Å². The van der Waals surface area contributed by atoms with Gasteiger partial charge >= 0.3 is 5.97 Å². The topological polar surface area (TPSA) is 75.7 Å². The zero-order valence-corrected chi connectivity index (χ0v) is 20.6. The zero-order valence-electron chi connectivity index (χ0n) is 18.2. The van der Waals surface area contributed by atoms with Crippen LogP contribution in [0.5, 0.6) is 0 Å². The first-order valence-corrected chi connectivity index (χ1v) is 12.2. The Morgan fingerprint density at radius 1 is 1.30 bits per heavy atom. The molecule has 2 fully saturated rings. The van der Waals surface area contributed by atoms with Crippen LogP contribution in [0.2, 0.25) is 0 Å². The molecular formula is C22H29BrN2O4S. The smallest absolute Gasteiger partial charge is 0.341 e. The number of fused-ring (bicyclic) bond motifs is 3. The standard InChI is InChI=1S/C22H29BrN2O4S/c1-6-29-18(27)14-12-7-10-25(5)11-13(12)30-17(14)24-19(28)22-9-8-21(4,20(22,2)3)16(26)15(22)23/h15H,6-11H2,1-5H3,(H,24,28). The molecule has 30 heavy (non-hydrogen) atoms. The van der Waals surface area contributed by atoms with Gasteiger partial charge in [-0.1, -0.05) is 36.7 Å². The number of amides is 1. The van der Waals surface area contributed by atoms with Crippen LogP contribution < -0.4 is 5.32 Å². The quantitative estimate of drug-likeness (QED) is 0.503. The van der Waals surface area contributed by atoms with E-state index in [0.29, 0.717) is 23.4 Å². The van der Waals surface area contributed by atoms with Crippen LogP contribution >= 0.6 is 27.3 Å². The number of Topliss-reactive ketones (excluding diaryl/α,β-unsaturated/α-hetero) is 1. The number of likely N-dealkylation sites (N-methyl/N-ethyl adjacent to an activating group) is 1. The third-order valence-electron chi connectivity index (χ3n) is 8.08. The first kappa shape index (κ1) is 22.0. The van der Waals surface area contributed by atoms with Crippen molar-refractivity contribution in [3.8, 4) is 0 Å². The highest BCUT2D eigenvalue weighted by atomic mass is 79.9. The predicted octanol–water partition coefficient (Wildman–Crippen LogP) is 4.01. The van der Waals surface area contributed by atoms with Crippen molar-refractivity contribution in [3.05, 3.63) is 16.0 Å². The third kappa shape index (κ3) is 2.65. The Balaban J connectivity index is 1.74. The second kappa shape index (κ2) is 7.14. The Hall–Kier alpha value is -1.25. The number of rotatable bonds is 4. The van der Waals surface area contributed by atoms with Crippen molar-refractivity contribution >= 4 is 49.9 Å². The zero-order chi connectivity index (χ0) is 22.1. The van der Waals surface area contributed by atoms with Gasteiger partial charge in [0.2, 0.25) is 5.91 Å². The van der Waals surface area contributed by atoms with Crippen molar-refractivity contribution in [2.24, 2.45) is 16.2 Å².